The van der Waals surface area contributed by atoms with Crippen LogP contribution in [0.5, 0.6) is 11.5 Å². The lowest BCUT2D eigenvalue weighted by Gasteiger charge is -2.08. The number of imidazole rings is 1. The summed E-state index contributed by atoms with van der Waals surface area (Å²) in [6.45, 7) is 2.29. The summed E-state index contributed by atoms with van der Waals surface area (Å²) in [5, 5.41) is 18.9. The van der Waals surface area contributed by atoms with Crippen LogP contribution >= 0.6 is 0 Å². The molecule has 0 saturated heterocycles. The van der Waals surface area contributed by atoms with Gasteiger partial charge in [-0.2, -0.15) is 0 Å². The van der Waals surface area contributed by atoms with Gasteiger partial charge in [-0.3, -0.25) is 0 Å². The number of ether oxygens (including phenoxy) is 1. The van der Waals surface area contributed by atoms with E-state index < -0.39 is 5.97 Å². The summed E-state index contributed by atoms with van der Waals surface area (Å²) in [4.78, 5) is 15.6. The van der Waals surface area contributed by atoms with Crippen molar-refractivity contribution in [2.75, 3.05) is 6.61 Å². The molecule has 0 unspecified atom stereocenters. The number of phenolic OH excluding ortho intramolecular Hbond substituents is 1. The standard InChI is InChI=1S/C17H16N2O4/c1-3-23-15-9-10(5-7-14(15)20)16-18-12-8-11(17(21)22)4-6-13(12)19(16)2/h4-9,20H,3H2,1-2H3,(H,21,22). The molecule has 0 bridgehead atoms. The number of fused-ring (bicyclic) bond motifs is 1. The van der Waals surface area contributed by atoms with E-state index in [1.165, 1.54) is 0 Å². The van der Waals surface area contributed by atoms with Crippen LogP contribution in [0.3, 0.4) is 0 Å². The summed E-state index contributed by atoms with van der Waals surface area (Å²) in [5.41, 5.74) is 2.41. The maximum absolute atomic E-state index is 11.1. The van der Waals surface area contributed by atoms with Gasteiger partial charge in [0.05, 0.1) is 23.2 Å². The largest absolute Gasteiger partial charge is 0.504 e. The lowest BCUT2D eigenvalue weighted by molar-refractivity contribution is 0.0697. The quantitative estimate of drug-likeness (QED) is 0.773. The van der Waals surface area contributed by atoms with E-state index >= 15 is 0 Å². The van der Waals surface area contributed by atoms with Crippen LogP contribution in [0, 0.1) is 0 Å². The van der Waals surface area contributed by atoms with E-state index in [0.29, 0.717) is 23.7 Å². The number of phenols is 1. The summed E-state index contributed by atoms with van der Waals surface area (Å²) >= 11 is 0. The maximum atomic E-state index is 11.1. The molecule has 0 radical (unpaired) electrons. The number of carboxylic acids is 1. The summed E-state index contributed by atoms with van der Waals surface area (Å²) in [6.07, 6.45) is 0. The number of hydrogen-bond acceptors (Lipinski definition) is 4. The van der Waals surface area contributed by atoms with Crippen LogP contribution in [0.25, 0.3) is 22.4 Å². The molecule has 2 N–H and O–H groups in total. The van der Waals surface area contributed by atoms with Crippen LogP contribution < -0.4 is 4.74 Å². The van der Waals surface area contributed by atoms with E-state index in [0.717, 1.165) is 11.1 Å². The summed E-state index contributed by atoms with van der Waals surface area (Å²) in [5.74, 6) is 0.150. The van der Waals surface area contributed by atoms with E-state index in [9.17, 15) is 9.90 Å². The number of benzene rings is 2. The molecule has 0 fully saturated rings. The van der Waals surface area contributed by atoms with E-state index in [-0.39, 0.29) is 11.3 Å². The smallest absolute Gasteiger partial charge is 0.335 e. The molecule has 1 aromatic heterocycles. The van der Waals surface area contributed by atoms with Crippen LogP contribution in [-0.2, 0) is 7.05 Å². The van der Waals surface area contributed by atoms with Gasteiger partial charge in [-0.15, -0.1) is 0 Å². The second kappa shape index (κ2) is 5.64. The number of carbonyl (C=O) groups is 1. The van der Waals surface area contributed by atoms with Gasteiger partial charge in [-0.1, -0.05) is 0 Å². The van der Waals surface area contributed by atoms with Gasteiger partial charge in [-0.05, 0) is 43.3 Å². The van der Waals surface area contributed by atoms with Crippen molar-refractivity contribution in [2.45, 2.75) is 6.92 Å². The molecule has 23 heavy (non-hydrogen) atoms. The van der Waals surface area contributed by atoms with Crippen LogP contribution in [0.15, 0.2) is 36.4 Å². The third-order valence-corrected chi connectivity index (χ3v) is 3.65. The Hall–Kier alpha value is -3.02. The number of aryl methyl sites for hydroxylation is 1. The molecule has 0 spiro atoms. The first-order valence-corrected chi connectivity index (χ1v) is 7.17. The fraction of sp³-hybridized carbons (Fsp3) is 0.176. The zero-order valence-corrected chi connectivity index (χ0v) is 12.8. The first kappa shape index (κ1) is 14.9. The molecule has 6 nitrogen and oxygen atoms in total. The summed E-state index contributed by atoms with van der Waals surface area (Å²) < 4.78 is 7.28. The van der Waals surface area contributed by atoms with Gasteiger partial charge < -0.3 is 19.5 Å². The molecular weight excluding hydrogens is 296 g/mol. The number of rotatable bonds is 4. The Morgan fingerprint density at radius 3 is 2.74 bits per heavy atom. The highest BCUT2D eigenvalue weighted by Gasteiger charge is 2.14. The minimum absolute atomic E-state index is 0.0718. The fourth-order valence-electron chi connectivity index (χ4n) is 2.52. The third-order valence-electron chi connectivity index (χ3n) is 3.65. The maximum Gasteiger partial charge on any atom is 0.335 e. The Kier molecular flexibility index (Phi) is 3.65. The Labute approximate surface area is 132 Å². The topological polar surface area (TPSA) is 84.6 Å². The normalized spacial score (nSPS) is 10.9. The summed E-state index contributed by atoms with van der Waals surface area (Å²) in [7, 11) is 1.86. The average molecular weight is 312 g/mol. The van der Waals surface area contributed by atoms with Crippen molar-refractivity contribution < 1.29 is 19.7 Å². The second-order valence-corrected chi connectivity index (χ2v) is 5.12. The van der Waals surface area contributed by atoms with Crippen molar-refractivity contribution in [3.05, 3.63) is 42.0 Å². The predicted molar refractivity (Wildman–Crippen MR) is 85.9 cm³/mol. The SMILES string of the molecule is CCOc1cc(-c2nc3cc(C(=O)O)ccc3n2C)ccc1O. The monoisotopic (exact) mass is 312 g/mol. The minimum Gasteiger partial charge on any atom is -0.504 e. The fourth-order valence-corrected chi connectivity index (χ4v) is 2.52. The zero-order chi connectivity index (χ0) is 16.6. The molecule has 3 aromatic rings. The lowest BCUT2D eigenvalue weighted by Crippen LogP contribution is -1.96. The Morgan fingerprint density at radius 2 is 2.04 bits per heavy atom. The van der Waals surface area contributed by atoms with E-state index in [4.69, 9.17) is 9.84 Å². The van der Waals surface area contributed by atoms with E-state index in [1.807, 2.05) is 18.5 Å². The van der Waals surface area contributed by atoms with Gasteiger partial charge in [0.25, 0.3) is 0 Å². The molecule has 0 aliphatic heterocycles. The van der Waals surface area contributed by atoms with Crippen molar-refractivity contribution in [2.24, 2.45) is 7.05 Å². The van der Waals surface area contributed by atoms with Crippen LogP contribution in [0.4, 0.5) is 0 Å². The van der Waals surface area contributed by atoms with Gasteiger partial charge in [0.15, 0.2) is 11.5 Å². The lowest BCUT2D eigenvalue weighted by atomic mass is 10.2. The second-order valence-electron chi connectivity index (χ2n) is 5.12. The first-order valence-electron chi connectivity index (χ1n) is 7.17. The number of aromatic hydroxyl groups is 1. The minimum atomic E-state index is -0.984. The van der Waals surface area contributed by atoms with Gasteiger partial charge in [0.2, 0.25) is 0 Å². The van der Waals surface area contributed by atoms with Crippen LogP contribution in [-0.4, -0.2) is 32.3 Å². The number of carboxylic acid groups (broad SMARTS) is 1. The molecule has 2 aromatic carbocycles. The number of hydrogen-bond donors (Lipinski definition) is 2. The highest BCUT2D eigenvalue weighted by atomic mass is 16.5. The van der Waals surface area contributed by atoms with Gasteiger partial charge in [0.1, 0.15) is 5.82 Å². The molecule has 0 saturated carbocycles. The van der Waals surface area contributed by atoms with Crippen molar-refractivity contribution >= 4 is 17.0 Å². The predicted octanol–water partition coefficient (Wildman–Crippen LogP) is 3.04. The molecule has 1 heterocycles. The third kappa shape index (κ3) is 2.59. The van der Waals surface area contributed by atoms with Crippen LogP contribution in [0.2, 0.25) is 0 Å². The molecule has 0 aliphatic carbocycles. The van der Waals surface area contributed by atoms with E-state index in [2.05, 4.69) is 4.98 Å². The van der Waals surface area contributed by atoms with Crippen molar-refractivity contribution in [1.29, 1.82) is 0 Å². The van der Waals surface area contributed by atoms with Crippen LogP contribution in [0.1, 0.15) is 17.3 Å². The Morgan fingerprint density at radius 1 is 1.26 bits per heavy atom. The van der Waals surface area contributed by atoms with Crippen molar-refractivity contribution in [3.8, 4) is 22.9 Å². The van der Waals surface area contributed by atoms with Gasteiger partial charge in [0, 0.05) is 12.6 Å². The van der Waals surface area contributed by atoms with Crippen molar-refractivity contribution in [1.82, 2.24) is 9.55 Å². The molecular formula is C17H16N2O4. The number of aromatic carboxylic acids is 1. The summed E-state index contributed by atoms with van der Waals surface area (Å²) in [6, 6.07) is 9.86. The number of aromatic nitrogens is 2. The molecule has 0 amide bonds. The Balaban J connectivity index is 2.14. The van der Waals surface area contributed by atoms with Gasteiger partial charge in [-0.25, -0.2) is 9.78 Å². The molecule has 118 valence electrons. The highest BCUT2D eigenvalue weighted by Crippen LogP contribution is 2.32. The first-order chi connectivity index (χ1) is 11.0. The molecule has 0 atom stereocenters. The van der Waals surface area contributed by atoms with Gasteiger partial charge >= 0.3 is 5.97 Å². The molecule has 6 heteroatoms. The Bertz CT molecular complexity index is 899. The molecule has 0 aliphatic rings. The average Bonchev–Trinajstić information content (AvgIpc) is 2.86. The number of nitrogens with zero attached hydrogens (tertiary/aromatic N) is 2. The molecule has 3 rings (SSSR count). The van der Waals surface area contributed by atoms with E-state index in [1.54, 1.807) is 36.4 Å². The highest BCUT2D eigenvalue weighted by molar-refractivity contribution is 5.93. The zero-order valence-electron chi connectivity index (χ0n) is 12.8. The van der Waals surface area contributed by atoms with Crippen molar-refractivity contribution in [3.63, 3.8) is 0 Å².